The van der Waals surface area contributed by atoms with E-state index in [4.69, 9.17) is 4.42 Å². The number of furan rings is 1. The van der Waals surface area contributed by atoms with Gasteiger partial charge in [0.15, 0.2) is 0 Å². The van der Waals surface area contributed by atoms with Gasteiger partial charge in [0.25, 0.3) is 11.5 Å². The molecule has 9 heteroatoms. The summed E-state index contributed by atoms with van der Waals surface area (Å²) in [5, 5.41) is 3.67. The average molecular weight is 429 g/mol. The first-order valence-electron chi connectivity index (χ1n) is 10.00. The van der Waals surface area contributed by atoms with Crippen molar-refractivity contribution in [1.82, 2.24) is 19.8 Å². The third-order valence-electron chi connectivity index (χ3n) is 5.65. The number of carbonyl (C=O) groups excluding carboxylic acids is 2. The number of nitrogens with one attached hydrogen (secondary N) is 1. The van der Waals surface area contributed by atoms with Crippen molar-refractivity contribution >= 4 is 33.4 Å². The number of hydrogen-bond donors (Lipinski definition) is 1. The molecular weight excluding hydrogens is 404 g/mol. The third kappa shape index (κ3) is 4.02. The molecule has 1 aliphatic heterocycles. The summed E-state index contributed by atoms with van der Waals surface area (Å²) in [5.74, 6) is -0.144. The van der Waals surface area contributed by atoms with E-state index in [1.807, 2.05) is 13.8 Å². The first kappa shape index (κ1) is 20.3. The number of likely N-dealkylation sites (tertiary alicyclic amines) is 1. The minimum absolute atomic E-state index is 0.0324. The van der Waals surface area contributed by atoms with E-state index in [0.717, 1.165) is 15.3 Å². The summed E-state index contributed by atoms with van der Waals surface area (Å²) >= 11 is 1.51. The van der Waals surface area contributed by atoms with Gasteiger partial charge >= 0.3 is 0 Å². The van der Waals surface area contributed by atoms with Gasteiger partial charge in [-0.15, -0.1) is 11.3 Å². The molecule has 0 radical (unpaired) electrons. The number of amides is 2. The minimum atomic E-state index is -0.0974. The Morgan fingerprint density at radius 3 is 2.77 bits per heavy atom. The molecule has 3 aromatic heterocycles. The molecule has 0 bridgehead atoms. The molecule has 0 unspecified atom stereocenters. The van der Waals surface area contributed by atoms with Crippen molar-refractivity contribution in [2.45, 2.75) is 45.7 Å². The predicted octanol–water partition coefficient (Wildman–Crippen LogP) is 2.48. The van der Waals surface area contributed by atoms with Gasteiger partial charge in [0.2, 0.25) is 5.91 Å². The average Bonchev–Trinajstić information content (AvgIpc) is 3.37. The smallest absolute Gasteiger partial charge is 0.262 e. The molecule has 2 amide bonds. The van der Waals surface area contributed by atoms with Gasteiger partial charge < -0.3 is 14.6 Å². The van der Waals surface area contributed by atoms with Crippen LogP contribution >= 0.6 is 11.3 Å². The molecular formula is C21H24N4O4S. The summed E-state index contributed by atoms with van der Waals surface area (Å²) in [5.41, 5.74) is 1.41. The summed E-state index contributed by atoms with van der Waals surface area (Å²) in [6.07, 6.45) is 6.08. The highest BCUT2D eigenvalue weighted by atomic mass is 32.1. The number of fused-ring (bicyclic) bond motifs is 1. The molecule has 1 N–H and O–H groups in total. The Kier molecular flexibility index (Phi) is 5.72. The fraction of sp³-hybridized carbons (Fsp3) is 0.429. The molecule has 4 rings (SSSR count). The van der Waals surface area contributed by atoms with Gasteiger partial charge in [0, 0.05) is 37.0 Å². The Morgan fingerprint density at radius 1 is 1.30 bits per heavy atom. The Bertz CT molecular complexity index is 1120. The molecule has 0 atom stereocenters. The maximum atomic E-state index is 12.7. The highest BCUT2D eigenvalue weighted by molar-refractivity contribution is 7.18. The number of aryl methyl sites for hydroxylation is 3. The molecule has 8 nitrogen and oxygen atoms in total. The molecule has 1 aliphatic rings. The van der Waals surface area contributed by atoms with Gasteiger partial charge in [-0.2, -0.15) is 0 Å². The van der Waals surface area contributed by atoms with Crippen LogP contribution in [0.3, 0.4) is 0 Å². The lowest BCUT2D eigenvalue weighted by molar-refractivity contribution is -0.122. The van der Waals surface area contributed by atoms with Crippen LogP contribution in [0.5, 0.6) is 0 Å². The van der Waals surface area contributed by atoms with E-state index in [1.54, 1.807) is 11.0 Å². The summed E-state index contributed by atoms with van der Waals surface area (Å²) in [6, 6.07) is 1.69. The van der Waals surface area contributed by atoms with E-state index in [-0.39, 0.29) is 29.8 Å². The zero-order valence-electron chi connectivity index (χ0n) is 17.0. The van der Waals surface area contributed by atoms with Crippen LogP contribution in [0.25, 0.3) is 10.2 Å². The van der Waals surface area contributed by atoms with E-state index in [2.05, 4.69) is 10.3 Å². The van der Waals surface area contributed by atoms with Crippen LogP contribution in [0.15, 0.2) is 34.1 Å². The Hall–Kier alpha value is -2.94. The molecule has 0 spiro atoms. The van der Waals surface area contributed by atoms with Crippen LogP contribution in [-0.2, 0) is 11.3 Å². The van der Waals surface area contributed by atoms with Crippen molar-refractivity contribution in [2.75, 3.05) is 13.1 Å². The molecule has 3 aromatic rings. The van der Waals surface area contributed by atoms with Gasteiger partial charge in [-0.3, -0.25) is 19.0 Å². The van der Waals surface area contributed by atoms with E-state index in [1.165, 1.54) is 34.8 Å². The SMILES string of the molecule is Cc1sc2ncn(CCC(=O)NC3CCN(C(=O)c4ccoc4)CC3)c(=O)c2c1C. The van der Waals surface area contributed by atoms with E-state index >= 15 is 0 Å². The predicted molar refractivity (Wildman–Crippen MR) is 114 cm³/mol. The highest BCUT2D eigenvalue weighted by Crippen LogP contribution is 2.25. The van der Waals surface area contributed by atoms with Crippen molar-refractivity contribution in [3.63, 3.8) is 0 Å². The largest absolute Gasteiger partial charge is 0.472 e. The normalized spacial score (nSPS) is 14.9. The zero-order valence-corrected chi connectivity index (χ0v) is 17.8. The third-order valence-corrected chi connectivity index (χ3v) is 6.77. The number of nitrogens with zero attached hydrogens (tertiary/aromatic N) is 3. The van der Waals surface area contributed by atoms with Crippen LogP contribution < -0.4 is 10.9 Å². The second kappa shape index (κ2) is 8.43. The number of thiophene rings is 1. The van der Waals surface area contributed by atoms with Gasteiger partial charge in [0.05, 0.1) is 23.5 Å². The van der Waals surface area contributed by atoms with Crippen LogP contribution in [0.4, 0.5) is 0 Å². The van der Waals surface area contributed by atoms with Crippen LogP contribution in [-0.4, -0.2) is 45.4 Å². The van der Waals surface area contributed by atoms with Crippen molar-refractivity contribution < 1.29 is 14.0 Å². The minimum Gasteiger partial charge on any atom is -0.472 e. The van der Waals surface area contributed by atoms with Crippen molar-refractivity contribution in [1.29, 1.82) is 0 Å². The van der Waals surface area contributed by atoms with Crippen LogP contribution in [0.2, 0.25) is 0 Å². The lowest BCUT2D eigenvalue weighted by atomic mass is 10.0. The van der Waals surface area contributed by atoms with Crippen molar-refractivity contribution in [2.24, 2.45) is 0 Å². The van der Waals surface area contributed by atoms with Crippen molar-refractivity contribution in [3.05, 3.63) is 51.3 Å². The second-order valence-electron chi connectivity index (χ2n) is 7.60. The summed E-state index contributed by atoms with van der Waals surface area (Å²) in [6.45, 7) is 5.38. The molecule has 0 aromatic carbocycles. The van der Waals surface area contributed by atoms with Crippen LogP contribution in [0, 0.1) is 13.8 Å². The Balaban J connectivity index is 1.29. The Labute approximate surface area is 177 Å². The summed E-state index contributed by atoms with van der Waals surface area (Å²) in [4.78, 5) is 45.4. The molecule has 0 saturated carbocycles. The lowest BCUT2D eigenvalue weighted by Gasteiger charge is -2.32. The van der Waals surface area contributed by atoms with E-state index in [0.29, 0.717) is 43.4 Å². The van der Waals surface area contributed by atoms with Gasteiger partial charge in [0.1, 0.15) is 11.1 Å². The number of aromatic nitrogens is 2. The molecule has 4 heterocycles. The number of carbonyl (C=O) groups is 2. The quantitative estimate of drug-likeness (QED) is 0.673. The monoisotopic (exact) mass is 428 g/mol. The highest BCUT2D eigenvalue weighted by Gasteiger charge is 2.25. The van der Waals surface area contributed by atoms with Crippen molar-refractivity contribution in [3.8, 4) is 0 Å². The lowest BCUT2D eigenvalue weighted by Crippen LogP contribution is -2.46. The van der Waals surface area contributed by atoms with Gasteiger partial charge in [-0.25, -0.2) is 4.98 Å². The fourth-order valence-electron chi connectivity index (χ4n) is 3.75. The maximum absolute atomic E-state index is 12.7. The molecule has 1 saturated heterocycles. The Morgan fingerprint density at radius 2 is 2.07 bits per heavy atom. The zero-order chi connectivity index (χ0) is 21.3. The second-order valence-corrected chi connectivity index (χ2v) is 8.81. The summed E-state index contributed by atoms with van der Waals surface area (Å²) in [7, 11) is 0. The first-order chi connectivity index (χ1) is 14.4. The van der Waals surface area contributed by atoms with Gasteiger partial charge in [-0.1, -0.05) is 0 Å². The molecule has 158 valence electrons. The molecule has 30 heavy (non-hydrogen) atoms. The first-order valence-corrected chi connectivity index (χ1v) is 10.8. The number of rotatable bonds is 5. The van der Waals surface area contributed by atoms with Gasteiger partial charge in [-0.05, 0) is 38.3 Å². The number of piperidine rings is 1. The maximum Gasteiger partial charge on any atom is 0.262 e. The van der Waals surface area contributed by atoms with Crippen LogP contribution in [0.1, 0.15) is 40.1 Å². The molecule has 0 aliphatic carbocycles. The summed E-state index contributed by atoms with van der Waals surface area (Å²) < 4.78 is 6.48. The molecule has 1 fully saturated rings. The topological polar surface area (TPSA) is 97.4 Å². The number of hydrogen-bond acceptors (Lipinski definition) is 6. The fourth-order valence-corrected chi connectivity index (χ4v) is 4.73. The van der Waals surface area contributed by atoms with E-state index < -0.39 is 0 Å². The standard InChI is InChI=1S/C21H24N4O4S/c1-13-14(2)30-19-18(13)21(28)25(12-22-19)9-5-17(26)23-16-3-7-24(8-4-16)20(27)15-6-10-29-11-15/h6,10-12,16H,3-5,7-9H2,1-2H3,(H,23,26). The van der Waals surface area contributed by atoms with E-state index in [9.17, 15) is 14.4 Å².